The summed E-state index contributed by atoms with van der Waals surface area (Å²) in [6.07, 6.45) is 0. The van der Waals surface area contributed by atoms with Crippen molar-refractivity contribution in [3.05, 3.63) is 217 Å². The molecule has 0 nitrogen and oxygen atoms in total. The van der Waals surface area contributed by atoms with Gasteiger partial charge in [0.15, 0.2) is 0 Å². The van der Waals surface area contributed by atoms with E-state index in [1.807, 2.05) is 0 Å². The minimum absolute atomic E-state index is 0.273. The maximum Gasteiger partial charge on any atom is 0.0435 e. The van der Waals surface area contributed by atoms with Gasteiger partial charge in [0.1, 0.15) is 0 Å². The van der Waals surface area contributed by atoms with Gasteiger partial charge in [-0.3, -0.25) is 0 Å². The van der Waals surface area contributed by atoms with Crippen LogP contribution in [0.4, 0.5) is 0 Å². The molecule has 1 unspecified atom stereocenters. The van der Waals surface area contributed by atoms with Gasteiger partial charge in [-0.1, -0.05) is 182 Å². The maximum atomic E-state index is 2.45. The molecule has 1 atom stereocenters. The highest BCUT2D eigenvalue weighted by atomic mass is 14.4. The molecule has 0 N–H and O–H groups in total. The summed E-state index contributed by atoms with van der Waals surface area (Å²) in [5.74, 6) is 0. The number of fused-ring (bicyclic) bond motifs is 8. The van der Waals surface area contributed by atoms with Crippen molar-refractivity contribution in [2.24, 2.45) is 0 Å². The molecule has 0 bridgehead atoms. The van der Waals surface area contributed by atoms with Crippen molar-refractivity contribution in [2.75, 3.05) is 0 Å². The van der Waals surface area contributed by atoms with E-state index in [0.29, 0.717) is 0 Å². The van der Waals surface area contributed by atoms with Crippen molar-refractivity contribution in [1.82, 2.24) is 0 Å². The van der Waals surface area contributed by atoms with Crippen LogP contribution in [0, 0.1) is 0 Å². The Bertz CT molecular complexity index is 3080. The van der Waals surface area contributed by atoms with Gasteiger partial charge in [0.2, 0.25) is 0 Å². The molecule has 11 rings (SSSR count). The van der Waals surface area contributed by atoms with Gasteiger partial charge in [-0.05, 0) is 129 Å². The van der Waals surface area contributed by atoms with Crippen LogP contribution < -0.4 is 0 Å². The van der Waals surface area contributed by atoms with E-state index in [0.717, 1.165) is 0 Å². The van der Waals surface area contributed by atoms with Crippen LogP contribution in [0.2, 0.25) is 0 Å². The summed E-state index contributed by atoms with van der Waals surface area (Å²) in [4.78, 5) is 0. The van der Waals surface area contributed by atoms with Crippen LogP contribution in [0.25, 0.3) is 87.6 Å². The molecule has 0 heteroatoms. The Balaban J connectivity index is 1.10. The van der Waals surface area contributed by atoms with Crippen LogP contribution in [-0.4, -0.2) is 0 Å². The van der Waals surface area contributed by atoms with Gasteiger partial charge < -0.3 is 0 Å². The van der Waals surface area contributed by atoms with Crippen LogP contribution in [0.1, 0.15) is 23.6 Å². The van der Waals surface area contributed by atoms with Crippen LogP contribution >= 0.6 is 0 Å². The molecular weight excluding hydrogens is 649 g/mol. The molecule has 0 radical (unpaired) electrons. The minimum atomic E-state index is -0.273. The standard InChI is InChI=1S/C54H36/c1-54(42-19-6-3-7-20-42)49-34-41(29-30-44(49)48-32-39-17-8-9-18-40(39)33-50(48)54)35-24-26-38(27-25-35)52-46-23-13-12-22-45(46)51(37-15-4-2-5-16-37)47-31-28-36-14-10-11-21-43(36)53(47)52/h2-34H,1H3. The van der Waals surface area contributed by atoms with E-state index in [4.69, 9.17) is 0 Å². The molecule has 10 aromatic carbocycles. The fraction of sp³-hybridized carbons (Fsp3) is 0.0370. The zero-order valence-electron chi connectivity index (χ0n) is 30.1. The minimum Gasteiger partial charge on any atom is -0.0622 e. The summed E-state index contributed by atoms with van der Waals surface area (Å²) >= 11 is 0. The highest BCUT2D eigenvalue weighted by molar-refractivity contribution is 6.27. The van der Waals surface area contributed by atoms with Gasteiger partial charge in [0.05, 0.1) is 0 Å². The summed E-state index contributed by atoms with van der Waals surface area (Å²) < 4.78 is 0. The molecule has 10 aromatic rings. The number of benzene rings is 10. The van der Waals surface area contributed by atoms with Crippen molar-refractivity contribution in [2.45, 2.75) is 12.3 Å². The quantitative estimate of drug-likeness (QED) is 0.128. The second kappa shape index (κ2) is 11.9. The van der Waals surface area contributed by atoms with Gasteiger partial charge in [-0.25, -0.2) is 0 Å². The van der Waals surface area contributed by atoms with Gasteiger partial charge in [0, 0.05) is 5.41 Å². The van der Waals surface area contributed by atoms with Crippen molar-refractivity contribution in [3.63, 3.8) is 0 Å². The molecule has 1 aliphatic rings. The fourth-order valence-corrected chi connectivity index (χ4v) is 9.47. The second-order valence-electron chi connectivity index (χ2n) is 14.9. The lowest BCUT2D eigenvalue weighted by molar-refractivity contribution is 0.715. The maximum absolute atomic E-state index is 2.45. The second-order valence-corrected chi connectivity index (χ2v) is 14.9. The van der Waals surface area contributed by atoms with Crippen LogP contribution in [0.5, 0.6) is 0 Å². The zero-order chi connectivity index (χ0) is 35.8. The van der Waals surface area contributed by atoms with Crippen LogP contribution in [0.15, 0.2) is 200 Å². The highest BCUT2D eigenvalue weighted by Gasteiger charge is 2.41. The lowest BCUT2D eigenvalue weighted by Gasteiger charge is -2.29. The Morgan fingerprint density at radius 2 is 0.852 bits per heavy atom. The van der Waals surface area contributed by atoms with Gasteiger partial charge >= 0.3 is 0 Å². The lowest BCUT2D eigenvalue weighted by Crippen LogP contribution is -2.22. The summed E-state index contributed by atoms with van der Waals surface area (Å²) in [5, 5.41) is 10.2. The Labute approximate surface area is 315 Å². The van der Waals surface area contributed by atoms with E-state index in [9.17, 15) is 0 Å². The van der Waals surface area contributed by atoms with Gasteiger partial charge in [0.25, 0.3) is 0 Å². The van der Waals surface area contributed by atoms with E-state index < -0.39 is 0 Å². The van der Waals surface area contributed by atoms with Crippen molar-refractivity contribution in [1.29, 1.82) is 0 Å². The SMILES string of the molecule is CC1(c2ccccc2)c2cc(-c3ccc(-c4c5ccccc5c(-c5ccccc5)c5ccc6ccccc6c45)cc3)ccc2-c2cc3ccccc3cc21. The molecular formula is C54H36. The third-order valence-electron chi connectivity index (χ3n) is 12.1. The largest absolute Gasteiger partial charge is 0.0622 e. The molecule has 54 heavy (non-hydrogen) atoms. The van der Waals surface area contributed by atoms with Gasteiger partial charge in [-0.15, -0.1) is 0 Å². The van der Waals surface area contributed by atoms with Crippen molar-refractivity contribution >= 4 is 43.1 Å². The topological polar surface area (TPSA) is 0 Å². The van der Waals surface area contributed by atoms with Crippen LogP contribution in [0.3, 0.4) is 0 Å². The molecule has 0 spiro atoms. The summed E-state index contributed by atoms with van der Waals surface area (Å²) in [6.45, 7) is 2.41. The molecule has 0 saturated heterocycles. The van der Waals surface area contributed by atoms with E-state index in [-0.39, 0.29) is 5.41 Å². The van der Waals surface area contributed by atoms with Crippen molar-refractivity contribution < 1.29 is 0 Å². The molecule has 0 aliphatic heterocycles. The monoisotopic (exact) mass is 684 g/mol. The summed E-state index contributed by atoms with van der Waals surface area (Å²) in [7, 11) is 0. The molecule has 0 amide bonds. The average molecular weight is 685 g/mol. The third-order valence-corrected chi connectivity index (χ3v) is 12.1. The lowest BCUT2D eigenvalue weighted by atomic mass is 9.73. The summed E-state index contributed by atoms with van der Waals surface area (Å²) in [6, 6.07) is 74.3. The smallest absolute Gasteiger partial charge is 0.0435 e. The number of hydrogen-bond donors (Lipinski definition) is 0. The highest BCUT2D eigenvalue weighted by Crippen LogP contribution is 2.54. The van der Waals surface area contributed by atoms with E-state index in [1.165, 1.54) is 104 Å². The first kappa shape index (κ1) is 30.8. The Hall–Kier alpha value is -6.76. The Kier molecular flexibility index (Phi) is 6.78. The first-order valence-electron chi connectivity index (χ1n) is 18.9. The normalized spacial score (nSPS) is 14.8. The van der Waals surface area contributed by atoms with Crippen molar-refractivity contribution in [3.8, 4) is 44.5 Å². The molecule has 0 saturated carbocycles. The Morgan fingerprint density at radius 3 is 1.59 bits per heavy atom. The molecule has 0 aromatic heterocycles. The van der Waals surface area contributed by atoms with Crippen LogP contribution in [-0.2, 0) is 5.41 Å². The van der Waals surface area contributed by atoms with Gasteiger partial charge in [-0.2, -0.15) is 0 Å². The van der Waals surface area contributed by atoms with E-state index >= 15 is 0 Å². The first-order chi connectivity index (χ1) is 26.7. The third kappa shape index (κ3) is 4.50. The van der Waals surface area contributed by atoms with E-state index in [1.54, 1.807) is 0 Å². The number of hydrogen-bond acceptors (Lipinski definition) is 0. The molecule has 1 aliphatic carbocycles. The summed E-state index contributed by atoms with van der Waals surface area (Å²) in [5.41, 5.74) is 13.9. The molecule has 0 fully saturated rings. The predicted molar refractivity (Wildman–Crippen MR) is 230 cm³/mol. The molecule has 252 valence electrons. The number of rotatable bonds is 4. The van der Waals surface area contributed by atoms with E-state index in [2.05, 4.69) is 207 Å². The Morgan fingerprint density at radius 1 is 0.315 bits per heavy atom. The average Bonchev–Trinajstić information content (AvgIpc) is 3.49. The predicted octanol–water partition coefficient (Wildman–Crippen LogP) is 14.6. The first-order valence-corrected chi connectivity index (χ1v) is 18.9. The fourth-order valence-electron chi connectivity index (χ4n) is 9.47. The molecule has 0 heterocycles. The zero-order valence-corrected chi connectivity index (χ0v) is 30.1.